The van der Waals surface area contributed by atoms with Crippen LogP contribution in [-0.4, -0.2) is 30.5 Å². The van der Waals surface area contributed by atoms with E-state index in [2.05, 4.69) is 4.74 Å². The minimum absolute atomic E-state index is 0.173. The summed E-state index contributed by atoms with van der Waals surface area (Å²) in [6.07, 6.45) is 1.43. The van der Waals surface area contributed by atoms with Crippen LogP contribution in [-0.2, 0) is 9.53 Å². The zero-order valence-corrected chi connectivity index (χ0v) is 10.5. The molecule has 1 atom stereocenters. The lowest BCUT2D eigenvalue weighted by molar-refractivity contribution is -0.181. The maximum Gasteiger partial charge on any atom is 0.318 e. The fourth-order valence-corrected chi connectivity index (χ4v) is 3.40. The molecule has 1 saturated heterocycles. The van der Waals surface area contributed by atoms with Crippen LogP contribution in [0.3, 0.4) is 0 Å². The van der Waals surface area contributed by atoms with Crippen molar-refractivity contribution < 1.29 is 18.3 Å². The van der Waals surface area contributed by atoms with Gasteiger partial charge < -0.3 is 4.74 Å². The van der Waals surface area contributed by atoms with Gasteiger partial charge in [0.25, 0.3) is 5.92 Å². The summed E-state index contributed by atoms with van der Waals surface area (Å²) in [6.45, 7) is 1.93. The second kappa shape index (κ2) is 5.34. The van der Waals surface area contributed by atoms with Crippen LogP contribution in [0.25, 0.3) is 0 Å². The molecule has 1 rings (SSSR count). The van der Waals surface area contributed by atoms with E-state index in [4.69, 9.17) is 0 Å². The highest BCUT2D eigenvalue weighted by molar-refractivity contribution is 7.99. The minimum atomic E-state index is -2.93. The van der Waals surface area contributed by atoms with Crippen molar-refractivity contribution in [3.05, 3.63) is 0 Å². The fraction of sp³-hybridized carbons (Fsp3) is 0.909. The lowest BCUT2D eigenvalue weighted by atomic mass is 9.77. The van der Waals surface area contributed by atoms with Crippen molar-refractivity contribution in [2.45, 2.75) is 38.5 Å². The van der Waals surface area contributed by atoms with Gasteiger partial charge in [0, 0.05) is 12.2 Å². The summed E-state index contributed by atoms with van der Waals surface area (Å²) < 4.78 is 32.5. The number of rotatable bonds is 4. The summed E-state index contributed by atoms with van der Waals surface area (Å²) in [4.78, 5) is 11.7. The smallest absolute Gasteiger partial charge is 0.318 e. The van der Waals surface area contributed by atoms with Crippen molar-refractivity contribution >= 4 is 17.7 Å². The number of hydrogen-bond acceptors (Lipinski definition) is 3. The predicted molar refractivity (Wildman–Crippen MR) is 60.9 cm³/mol. The lowest BCUT2D eigenvalue weighted by Crippen LogP contribution is -2.52. The van der Waals surface area contributed by atoms with Crippen molar-refractivity contribution in [3.63, 3.8) is 0 Å². The molecule has 0 aromatic carbocycles. The number of thioether (sulfide) groups is 1. The number of methoxy groups -OCH3 is 1. The van der Waals surface area contributed by atoms with E-state index in [-0.39, 0.29) is 18.6 Å². The molecule has 2 nitrogen and oxygen atoms in total. The first-order chi connectivity index (χ1) is 7.50. The van der Waals surface area contributed by atoms with Gasteiger partial charge in [0.05, 0.1) is 7.11 Å². The summed E-state index contributed by atoms with van der Waals surface area (Å²) in [5.41, 5.74) is -1.60. The van der Waals surface area contributed by atoms with Crippen molar-refractivity contribution in [2.24, 2.45) is 5.41 Å². The normalized spacial score (nSPS) is 28.8. The second-order valence-corrected chi connectivity index (χ2v) is 5.29. The van der Waals surface area contributed by atoms with Crippen molar-refractivity contribution in [3.8, 4) is 0 Å². The highest BCUT2D eigenvalue weighted by Gasteiger charge is 2.60. The van der Waals surface area contributed by atoms with Crippen LogP contribution in [0.5, 0.6) is 0 Å². The molecule has 0 aromatic rings. The molecular formula is C11H18F2O2S. The molecule has 0 aromatic heterocycles. The van der Waals surface area contributed by atoms with E-state index in [1.54, 1.807) is 0 Å². The number of unbranched alkanes of at least 4 members (excludes halogenated alkanes) is 1. The van der Waals surface area contributed by atoms with E-state index >= 15 is 0 Å². The van der Waals surface area contributed by atoms with Gasteiger partial charge in [-0.1, -0.05) is 19.8 Å². The standard InChI is InChI=1S/C11H18F2O2S/c1-3-4-5-10(9(14)15-2)8-16-7-6-11(10,12)13/h3-8H2,1-2H3. The van der Waals surface area contributed by atoms with Gasteiger partial charge in [-0.3, -0.25) is 4.79 Å². The van der Waals surface area contributed by atoms with E-state index in [9.17, 15) is 13.6 Å². The Bertz CT molecular complexity index is 258. The monoisotopic (exact) mass is 252 g/mol. The SMILES string of the molecule is CCCCC1(C(=O)OC)CSCCC1(F)F. The first-order valence-corrected chi connectivity index (χ1v) is 6.69. The molecule has 0 saturated carbocycles. The van der Waals surface area contributed by atoms with Gasteiger partial charge in [-0.2, -0.15) is 11.8 Å². The summed E-state index contributed by atoms with van der Waals surface area (Å²) >= 11 is 1.42. The van der Waals surface area contributed by atoms with E-state index in [0.717, 1.165) is 6.42 Å². The summed E-state index contributed by atoms with van der Waals surface area (Å²) in [7, 11) is 1.19. The zero-order valence-electron chi connectivity index (χ0n) is 9.72. The molecule has 5 heteroatoms. The van der Waals surface area contributed by atoms with Crippen molar-refractivity contribution in [2.75, 3.05) is 18.6 Å². The molecule has 1 aliphatic heterocycles. The number of ether oxygens (including phenoxy) is 1. The molecule has 0 N–H and O–H groups in total. The van der Waals surface area contributed by atoms with Crippen LogP contribution < -0.4 is 0 Å². The van der Waals surface area contributed by atoms with Crippen LogP contribution in [0, 0.1) is 5.41 Å². The molecule has 0 aliphatic carbocycles. The molecule has 1 unspecified atom stereocenters. The van der Waals surface area contributed by atoms with Crippen molar-refractivity contribution in [1.29, 1.82) is 0 Å². The molecule has 0 amide bonds. The third-order valence-electron chi connectivity index (χ3n) is 3.14. The number of carbonyl (C=O) groups excluding carboxylic acids is 1. The number of esters is 1. The average molecular weight is 252 g/mol. The summed E-state index contributed by atoms with van der Waals surface area (Å²) in [5.74, 6) is -3.09. The van der Waals surface area contributed by atoms with Gasteiger partial charge in [-0.05, 0) is 12.2 Å². The Morgan fingerprint density at radius 1 is 1.50 bits per heavy atom. The van der Waals surface area contributed by atoms with E-state index < -0.39 is 17.3 Å². The third kappa shape index (κ3) is 2.34. The van der Waals surface area contributed by atoms with Crippen LogP contribution in [0.4, 0.5) is 8.78 Å². The molecule has 0 radical (unpaired) electrons. The Hall–Kier alpha value is -0.320. The highest BCUT2D eigenvalue weighted by Crippen LogP contribution is 2.50. The largest absolute Gasteiger partial charge is 0.468 e. The van der Waals surface area contributed by atoms with Crippen LogP contribution >= 0.6 is 11.8 Å². The maximum absolute atomic E-state index is 14.0. The molecule has 0 spiro atoms. The molecule has 0 bridgehead atoms. The Morgan fingerprint density at radius 2 is 2.19 bits per heavy atom. The van der Waals surface area contributed by atoms with Gasteiger partial charge in [0.1, 0.15) is 5.41 Å². The Morgan fingerprint density at radius 3 is 2.69 bits per heavy atom. The second-order valence-electron chi connectivity index (χ2n) is 4.18. The van der Waals surface area contributed by atoms with Gasteiger partial charge >= 0.3 is 5.97 Å². The van der Waals surface area contributed by atoms with Crippen molar-refractivity contribution in [1.82, 2.24) is 0 Å². The third-order valence-corrected chi connectivity index (χ3v) is 4.33. The van der Waals surface area contributed by atoms with E-state index in [1.165, 1.54) is 18.9 Å². The van der Waals surface area contributed by atoms with Gasteiger partial charge in [0.2, 0.25) is 0 Å². The molecular weight excluding hydrogens is 234 g/mol. The van der Waals surface area contributed by atoms with Crippen LogP contribution in [0.1, 0.15) is 32.6 Å². The average Bonchev–Trinajstić information content (AvgIpc) is 2.26. The van der Waals surface area contributed by atoms with E-state index in [1.807, 2.05) is 6.92 Å². The lowest BCUT2D eigenvalue weighted by Gasteiger charge is -2.41. The van der Waals surface area contributed by atoms with Gasteiger partial charge in [-0.25, -0.2) is 8.78 Å². The Labute approximate surface area is 99.1 Å². The first kappa shape index (κ1) is 13.7. The topological polar surface area (TPSA) is 26.3 Å². The first-order valence-electron chi connectivity index (χ1n) is 5.54. The van der Waals surface area contributed by atoms with Gasteiger partial charge in [-0.15, -0.1) is 0 Å². The van der Waals surface area contributed by atoms with E-state index in [0.29, 0.717) is 12.2 Å². The number of halogens is 2. The molecule has 16 heavy (non-hydrogen) atoms. The maximum atomic E-state index is 14.0. The molecule has 1 fully saturated rings. The summed E-state index contributed by atoms with van der Waals surface area (Å²) in [6, 6.07) is 0. The number of alkyl halides is 2. The highest BCUT2D eigenvalue weighted by atomic mass is 32.2. The number of hydrogen-bond donors (Lipinski definition) is 0. The quantitative estimate of drug-likeness (QED) is 0.719. The number of carbonyl (C=O) groups is 1. The fourth-order valence-electron chi connectivity index (χ4n) is 2.03. The predicted octanol–water partition coefficient (Wildman–Crippen LogP) is 3.11. The molecule has 1 aliphatic rings. The zero-order chi connectivity index (χ0) is 12.2. The molecule has 94 valence electrons. The van der Waals surface area contributed by atoms with Crippen LogP contribution in [0.15, 0.2) is 0 Å². The van der Waals surface area contributed by atoms with Crippen LogP contribution in [0.2, 0.25) is 0 Å². The minimum Gasteiger partial charge on any atom is -0.468 e. The Balaban J connectivity index is 2.95. The molecule has 1 heterocycles. The van der Waals surface area contributed by atoms with Gasteiger partial charge in [0.15, 0.2) is 0 Å². The Kier molecular flexibility index (Phi) is 4.59. The summed E-state index contributed by atoms with van der Waals surface area (Å²) in [5, 5.41) is 0.